The number of pyridine rings is 1. The Morgan fingerprint density at radius 3 is 2.71 bits per heavy atom. The molecule has 2 heterocycles. The van der Waals surface area contributed by atoms with Gasteiger partial charge in [-0.2, -0.15) is 0 Å². The van der Waals surface area contributed by atoms with Gasteiger partial charge in [-0.05, 0) is 69.1 Å². The van der Waals surface area contributed by atoms with Gasteiger partial charge in [0.1, 0.15) is 17.7 Å². The first-order valence-electron chi connectivity index (χ1n) is 12.6. The molecule has 1 atom stereocenters. The number of ether oxygens (including phenoxy) is 2. The molecule has 0 aliphatic carbocycles. The van der Waals surface area contributed by atoms with E-state index in [1.807, 2.05) is 29.7 Å². The number of likely N-dealkylation sites (tertiary alicyclic amines) is 1. The molecular formula is C28H33ClFN3O4S. The molecular weight excluding hydrogens is 529 g/mol. The molecule has 204 valence electrons. The van der Waals surface area contributed by atoms with E-state index in [-0.39, 0.29) is 17.9 Å². The van der Waals surface area contributed by atoms with E-state index in [0.29, 0.717) is 48.1 Å². The van der Waals surface area contributed by atoms with Crippen molar-refractivity contribution in [2.45, 2.75) is 36.8 Å². The highest BCUT2D eigenvalue weighted by Gasteiger charge is 2.41. The van der Waals surface area contributed by atoms with E-state index in [1.165, 1.54) is 6.20 Å². The zero-order valence-corrected chi connectivity index (χ0v) is 23.2. The summed E-state index contributed by atoms with van der Waals surface area (Å²) in [6.45, 7) is 2.23. The first-order chi connectivity index (χ1) is 18.4. The molecule has 1 saturated heterocycles. The number of halogens is 2. The molecule has 1 fully saturated rings. The third kappa shape index (κ3) is 6.34. The number of para-hydroxylation sites is 1. The van der Waals surface area contributed by atoms with Gasteiger partial charge in [-0.1, -0.05) is 23.7 Å². The van der Waals surface area contributed by atoms with Crippen LogP contribution in [0.5, 0.6) is 11.5 Å². The third-order valence-corrected chi connectivity index (χ3v) is 8.72. The second kappa shape index (κ2) is 13.0. The van der Waals surface area contributed by atoms with E-state index >= 15 is 4.39 Å². The lowest BCUT2D eigenvalue weighted by Gasteiger charge is -2.40. The Bertz CT molecular complexity index is 1260. The van der Waals surface area contributed by atoms with Crippen LogP contribution in [0.3, 0.4) is 0 Å². The van der Waals surface area contributed by atoms with Crippen LogP contribution in [0, 0.1) is 5.41 Å². The van der Waals surface area contributed by atoms with Gasteiger partial charge in [0.15, 0.2) is 0 Å². The lowest BCUT2D eigenvalue weighted by atomic mass is 9.73. The summed E-state index contributed by atoms with van der Waals surface area (Å²) in [5.74, 6) is 1.86. The van der Waals surface area contributed by atoms with Gasteiger partial charge in [0.05, 0.1) is 30.2 Å². The molecule has 3 aromatic rings. The molecule has 2 N–H and O–H groups in total. The lowest BCUT2D eigenvalue weighted by molar-refractivity contribution is -0.143. The fourth-order valence-electron chi connectivity index (χ4n) is 5.10. The third-order valence-electron chi connectivity index (χ3n) is 7.39. The summed E-state index contributed by atoms with van der Waals surface area (Å²) < 4.78 is 26.5. The number of methoxy groups -OCH3 is 2. The number of benzene rings is 2. The van der Waals surface area contributed by atoms with Gasteiger partial charge in [-0.25, -0.2) is 9.87 Å². The van der Waals surface area contributed by atoms with Gasteiger partial charge >= 0.3 is 0 Å². The van der Waals surface area contributed by atoms with Crippen molar-refractivity contribution in [3.63, 3.8) is 0 Å². The molecule has 0 saturated carbocycles. The van der Waals surface area contributed by atoms with Crippen molar-refractivity contribution >= 4 is 40.2 Å². The van der Waals surface area contributed by atoms with E-state index in [1.54, 1.807) is 44.2 Å². The van der Waals surface area contributed by atoms with Crippen LogP contribution in [-0.2, 0) is 4.79 Å². The highest BCUT2D eigenvalue weighted by Crippen LogP contribution is 2.42. The van der Waals surface area contributed by atoms with Crippen molar-refractivity contribution < 1.29 is 23.9 Å². The molecule has 0 spiro atoms. The van der Waals surface area contributed by atoms with Crippen molar-refractivity contribution in [1.29, 1.82) is 0 Å². The molecule has 7 nitrogen and oxygen atoms in total. The standard InChI is InChI=1S/C28H33ClFN3O4S/c1-36-19-7-8-23-20(17-19)26(21(29)18-31-23)22(30)9-10-28(27(34)32-35)11-13-33(14-12-28)15-16-38-25-6-4-3-5-24(25)37-2/h3-8,17-18,22,35H,9-16H2,1-2H3,(H,32,34). The van der Waals surface area contributed by atoms with Gasteiger partial charge < -0.3 is 14.4 Å². The van der Waals surface area contributed by atoms with Gasteiger partial charge in [0.25, 0.3) is 0 Å². The second-order valence-corrected chi connectivity index (χ2v) is 11.0. The number of piperidine rings is 1. The number of fused-ring (bicyclic) bond motifs is 1. The molecule has 1 aromatic heterocycles. The Morgan fingerprint density at radius 2 is 2.00 bits per heavy atom. The van der Waals surface area contributed by atoms with Crippen molar-refractivity contribution in [3.05, 3.63) is 59.2 Å². The van der Waals surface area contributed by atoms with Crippen LogP contribution in [0.1, 0.15) is 37.4 Å². The number of hydrogen-bond acceptors (Lipinski definition) is 7. The monoisotopic (exact) mass is 561 g/mol. The van der Waals surface area contributed by atoms with E-state index in [0.717, 1.165) is 22.9 Å². The average molecular weight is 562 g/mol. The number of nitrogens with zero attached hydrogens (tertiary/aromatic N) is 2. The SMILES string of the molecule is COc1ccc2ncc(Cl)c(C(F)CCC3(C(=O)NO)CCN(CCSc4ccccc4OC)CC3)c2c1. The number of aromatic nitrogens is 1. The summed E-state index contributed by atoms with van der Waals surface area (Å²) >= 11 is 8.12. The van der Waals surface area contributed by atoms with Crippen LogP contribution in [0.25, 0.3) is 10.9 Å². The Kier molecular flexibility index (Phi) is 9.70. The number of rotatable bonds is 11. The quantitative estimate of drug-likeness (QED) is 0.167. The first-order valence-corrected chi connectivity index (χ1v) is 14.0. The summed E-state index contributed by atoms with van der Waals surface area (Å²) in [7, 11) is 3.21. The largest absolute Gasteiger partial charge is 0.497 e. The zero-order chi connectivity index (χ0) is 27.1. The zero-order valence-electron chi connectivity index (χ0n) is 21.6. The van der Waals surface area contributed by atoms with Crippen LogP contribution >= 0.6 is 23.4 Å². The minimum absolute atomic E-state index is 0.0904. The highest BCUT2D eigenvalue weighted by atomic mass is 35.5. The topological polar surface area (TPSA) is 83.9 Å². The Hall–Kier alpha value is -2.59. The Balaban J connectivity index is 1.39. The normalized spacial score (nSPS) is 16.2. The smallest absolute Gasteiger partial charge is 0.249 e. The molecule has 38 heavy (non-hydrogen) atoms. The van der Waals surface area contributed by atoms with Gasteiger partial charge in [-0.3, -0.25) is 15.0 Å². The maximum atomic E-state index is 15.7. The number of hydroxylamine groups is 1. The fourth-order valence-corrected chi connectivity index (χ4v) is 6.40. The fraction of sp³-hybridized carbons (Fsp3) is 0.429. The van der Waals surface area contributed by atoms with Crippen molar-refractivity contribution in [2.24, 2.45) is 5.41 Å². The molecule has 1 aliphatic rings. The van der Waals surface area contributed by atoms with E-state index in [4.69, 9.17) is 21.1 Å². The van der Waals surface area contributed by atoms with Crippen molar-refractivity contribution in [3.8, 4) is 11.5 Å². The number of thioether (sulfide) groups is 1. The van der Waals surface area contributed by atoms with Crippen LogP contribution in [0.15, 0.2) is 53.6 Å². The maximum Gasteiger partial charge on any atom is 0.249 e. The number of hydrogen-bond donors (Lipinski definition) is 2. The summed E-state index contributed by atoms with van der Waals surface area (Å²) in [6, 6.07) is 13.2. The summed E-state index contributed by atoms with van der Waals surface area (Å²) in [5.41, 5.74) is 1.96. The molecule has 4 rings (SSSR count). The minimum atomic E-state index is -1.40. The second-order valence-electron chi connectivity index (χ2n) is 9.47. The number of alkyl halides is 1. The molecule has 2 aromatic carbocycles. The predicted octanol–water partition coefficient (Wildman–Crippen LogP) is 6.08. The number of nitrogens with one attached hydrogen (secondary N) is 1. The van der Waals surface area contributed by atoms with E-state index in [9.17, 15) is 10.0 Å². The Morgan fingerprint density at radius 1 is 1.24 bits per heavy atom. The molecule has 0 radical (unpaired) electrons. The van der Waals surface area contributed by atoms with Crippen LogP contribution < -0.4 is 15.0 Å². The number of carbonyl (C=O) groups is 1. The van der Waals surface area contributed by atoms with Gasteiger partial charge in [0.2, 0.25) is 5.91 Å². The van der Waals surface area contributed by atoms with Gasteiger partial charge in [-0.15, -0.1) is 11.8 Å². The van der Waals surface area contributed by atoms with Crippen LogP contribution in [-0.4, -0.2) is 60.6 Å². The summed E-state index contributed by atoms with van der Waals surface area (Å²) in [4.78, 5) is 20.5. The molecule has 0 bridgehead atoms. The Labute approximate surface area is 231 Å². The van der Waals surface area contributed by atoms with Crippen molar-refractivity contribution in [2.75, 3.05) is 39.6 Å². The van der Waals surface area contributed by atoms with E-state index in [2.05, 4.69) is 9.88 Å². The van der Waals surface area contributed by atoms with Crippen molar-refractivity contribution in [1.82, 2.24) is 15.4 Å². The van der Waals surface area contributed by atoms with Gasteiger partial charge in [0, 0.05) is 34.3 Å². The van der Waals surface area contributed by atoms with E-state index < -0.39 is 17.5 Å². The number of carbonyl (C=O) groups excluding carboxylic acids is 1. The summed E-state index contributed by atoms with van der Waals surface area (Å²) in [5, 5.41) is 10.3. The average Bonchev–Trinajstić information content (AvgIpc) is 2.96. The highest BCUT2D eigenvalue weighted by molar-refractivity contribution is 7.99. The molecule has 1 aliphatic heterocycles. The lowest BCUT2D eigenvalue weighted by Crippen LogP contribution is -2.48. The molecule has 10 heteroatoms. The molecule has 1 unspecified atom stereocenters. The first kappa shape index (κ1) is 28.4. The van der Waals surface area contributed by atoms with Crippen LogP contribution in [0.2, 0.25) is 5.02 Å². The predicted molar refractivity (Wildman–Crippen MR) is 148 cm³/mol. The minimum Gasteiger partial charge on any atom is -0.497 e. The number of amides is 1. The summed E-state index contributed by atoms with van der Waals surface area (Å²) in [6.07, 6.45) is 1.49. The molecule has 1 amide bonds. The van der Waals surface area contributed by atoms with Crippen LogP contribution in [0.4, 0.5) is 4.39 Å². The maximum absolute atomic E-state index is 15.7.